The molecule has 0 atom stereocenters. The Hall–Kier alpha value is -1.88. The molecule has 0 saturated heterocycles. The van der Waals surface area contributed by atoms with Crippen molar-refractivity contribution in [2.45, 2.75) is 6.61 Å². The largest absolute Gasteiger partial charge is 0.488 e. The van der Waals surface area contributed by atoms with Gasteiger partial charge in [-0.3, -0.25) is 4.98 Å². The van der Waals surface area contributed by atoms with Crippen molar-refractivity contribution in [1.29, 1.82) is 0 Å². The van der Waals surface area contributed by atoms with E-state index in [4.69, 9.17) is 9.84 Å². The zero-order valence-electron chi connectivity index (χ0n) is 9.34. The van der Waals surface area contributed by atoms with Gasteiger partial charge in [0.25, 0.3) is 0 Å². The van der Waals surface area contributed by atoms with Gasteiger partial charge in [-0.25, -0.2) is 4.79 Å². The fraction of sp³-hybridized carbons (Fsp3) is 0.0769. The van der Waals surface area contributed by atoms with Gasteiger partial charge in [0.05, 0.1) is 10.0 Å². The first-order valence-electron chi connectivity index (χ1n) is 5.21. The highest BCUT2D eigenvalue weighted by Crippen LogP contribution is 2.26. The molecule has 1 N–H and O–H groups in total. The van der Waals surface area contributed by atoms with Crippen LogP contribution in [0.1, 0.15) is 15.9 Å². The molecular formula is C13H10BrNO3. The molecule has 0 radical (unpaired) electrons. The highest BCUT2D eigenvalue weighted by molar-refractivity contribution is 9.10. The molecule has 0 unspecified atom stereocenters. The minimum atomic E-state index is -0.978. The molecule has 0 aliphatic carbocycles. The Bertz CT molecular complexity index is 557. The molecule has 1 heterocycles. The Morgan fingerprint density at radius 2 is 2.22 bits per heavy atom. The first-order valence-corrected chi connectivity index (χ1v) is 6.00. The number of carbonyl (C=O) groups is 1. The molecule has 18 heavy (non-hydrogen) atoms. The molecule has 0 fully saturated rings. The van der Waals surface area contributed by atoms with Gasteiger partial charge in [0.2, 0.25) is 0 Å². The maximum Gasteiger partial charge on any atom is 0.335 e. The topological polar surface area (TPSA) is 59.4 Å². The molecule has 0 amide bonds. The van der Waals surface area contributed by atoms with Gasteiger partial charge in [-0.05, 0) is 40.2 Å². The molecule has 2 aromatic rings. The lowest BCUT2D eigenvalue weighted by atomic mass is 10.2. The Balaban J connectivity index is 2.14. The minimum Gasteiger partial charge on any atom is -0.488 e. The smallest absolute Gasteiger partial charge is 0.335 e. The summed E-state index contributed by atoms with van der Waals surface area (Å²) in [6.45, 7) is 0.343. The molecule has 2 rings (SSSR count). The van der Waals surface area contributed by atoms with Gasteiger partial charge in [-0.2, -0.15) is 0 Å². The molecule has 0 saturated carbocycles. The van der Waals surface area contributed by atoms with Crippen molar-refractivity contribution in [3.63, 3.8) is 0 Å². The van der Waals surface area contributed by atoms with Gasteiger partial charge < -0.3 is 9.84 Å². The van der Waals surface area contributed by atoms with Crippen LogP contribution in [0.2, 0.25) is 0 Å². The predicted molar refractivity (Wildman–Crippen MR) is 69.7 cm³/mol. The summed E-state index contributed by atoms with van der Waals surface area (Å²) >= 11 is 3.32. The molecule has 0 bridgehead atoms. The molecule has 1 aromatic heterocycles. The van der Waals surface area contributed by atoms with Crippen molar-refractivity contribution in [2.75, 3.05) is 0 Å². The van der Waals surface area contributed by atoms with Crippen LogP contribution in [0.4, 0.5) is 0 Å². The third kappa shape index (κ3) is 3.07. The van der Waals surface area contributed by atoms with Crippen molar-refractivity contribution in [3.05, 3.63) is 58.3 Å². The number of rotatable bonds is 4. The van der Waals surface area contributed by atoms with Gasteiger partial charge in [0, 0.05) is 18.0 Å². The zero-order valence-corrected chi connectivity index (χ0v) is 10.9. The second kappa shape index (κ2) is 5.64. The fourth-order valence-electron chi connectivity index (χ4n) is 1.39. The number of halogens is 1. The van der Waals surface area contributed by atoms with E-state index in [9.17, 15) is 4.79 Å². The van der Waals surface area contributed by atoms with E-state index in [1.807, 2.05) is 12.1 Å². The number of carboxylic acid groups (broad SMARTS) is 1. The molecule has 5 heteroatoms. The maximum atomic E-state index is 10.9. The normalized spacial score (nSPS) is 10.1. The summed E-state index contributed by atoms with van der Waals surface area (Å²) in [5.41, 5.74) is 1.12. The number of carboxylic acids is 1. The number of aromatic carboxylic acids is 1. The highest BCUT2D eigenvalue weighted by Gasteiger charge is 2.08. The molecule has 1 aromatic carbocycles. The zero-order chi connectivity index (χ0) is 13.0. The van der Waals surface area contributed by atoms with Crippen LogP contribution in [-0.4, -0.2) is 16.1 Å². The first-order chi connectivity index (χ1) is 8.66. The van der Waals surface area contributed by atoms with Crippen LogP contribution >= 0.6 is 15.9 Å². The van der Waals surface area contributed by atoms with Crippen LogP contribution in [-0.2, 0) is 6.61 Å². The van der Waals surface area contributed by atoms with E-state index >= 15 is 0 Å². The second-order valence-electron chi connectivity index (χ2n) is 3.60. The SMILES string of the molecule is O=C(O)c1ccc(Br)c(OCc2cccnc2)c1. The van der Waals surface area contributed by atoms with E-state index in [1.54, 1.807) is 18.5 Å². The number of nitrogens with zero attached hydrogens (tertiary/aromatic N) is 1. The van der Waals surface area contributed by atoms with E-state index in [1.165, 1.54) is 12.1 Å². The molecule has 4 nitrogen and oxygen atoms in total. The maximum absolute atomic E-state index is 10.9. The summed E-state index contributed by atoms with van der Waals surface area (Å²) in [6, 6.07) is 8.37. The Morgan fingerprint density at radius 3 is 2.89 bits per heavy atom. The third-order valence-electron chi connectivity index (χ3n) is 2.30. The number of ether oxygens (including phenoxy) is 1. The first kappa shape index (κ1) is 12.6. The van der Waals surface area contributed by atoms with Crippen molar-refractivity contribution in [1.82, 2.24) is 4.98 Å². The average Bonchev–Trinajstić information content (AvgIpc) is 2.38. The van der Waals surface area contributed by atoms with Crippen molar-refractivity contribution in [2.24, 2.45) is 0 Å². The van der Waals surface area contributed by atoms with E-state index in [-0.39, 0.29) is 5.56 Å². The van der Waals surface area contributed by atoms with E-state index in [2.05, 4.69) is 20.9 Å². The van der Waals surface area contributed by atoms with Crippen LogP contribution < -0.4 is 4.74 Å². The summed E-state index contributed by atoms with van der Waals surface area (Å²) in [4.78, 5) is 14.8. The Kier molecular flexibility index (Phi) is 3.94. The van der Waals surface area contributed by atoms with Crippen molar-refractivity contribution in [3.8, 4) is 5.75 Å². The average molecular weight is 308 g/mol. The quantitative estimate of drug-likeness (QED) is 0.943. The Labute approximate surface area is 112 Å². The van der Waals surface area contributed by atoms with Crippen LogP contribution in [0.25, 0.3) is 0 Å². The van der Waals surface area contributed by atoms with E-state index < -0.39 is 5.97 Å². The van der Waals surface area contributed by atoms with Gasteiger partial charge >= 0.3 is 5.97 Å². The van der Waals surface area contributed by atoms with Gasteiger partial charge in [-0.1, -0.05) is 6.07 Å². The fourth-order valence-corrected chi connectivity index (χ4v) is 1.75. The van der Waals surface area contributed by atoms with Crippen LogP contribution in [0.5, 0.6) is 5.75 Å². The number of pyridine rings is 1. The predicted octanol–water partition coefficient (Wildman–Crippen LogP) is 3.12. The van der Waals surface area contributed by atoms with Crippen molar-refractivity contribution >= 4 is 21.9 Å². The summed E-state index contributed by atoms with van der Waals surface area (Å²) < 4.78 is 6.28. The molecule has 0 aliphatic rings. The highest BCUT2D eigenvalue weighted by atomic mass is 79.9. The monoisotopic (exact) mass is 307 g/mol. The lowest BCUT2D eigenvalue weighted by Gasteiger charge is -2.08. The van der Waals surface area contributed by atoms with Gasteiger partial charge in [0.15, 0.2) is 0 Å². The number of aromatic nitrogens is 1. The summed E-state index contributed by atoms with van der Waals surface area (Å²) in [6.07, 6.45) is 3.39. The van der Waals surface area contributed by atoms with Crippen LogP contribution in [0.15, 0.2) is 47.2 Å². The standard InChI is InChI=1S/C13H10BrNO3/c14-11-4-3-10(13(16)17)6-12(11)18-8-9-2-1-5-15-7-9/h1-7H,8H2,(H,16,17). The van der Waals surface area contributed by atoms with Crippen molar-refractivity contribution < 1.29 is 14.6 Å². The Morgan fingerprint density at radius 1 is 1.39 bits per heavy atom. The molecule has 0 spiro atoms. The summed E-state index contributed by atoms with van der Waals surface area (Å²) in [5, 5.41) is 8.90. The summed E-state index contributed by atoms with van der Waals surface area (Å²) in [5.74, 6) is -0.479. The lowest BCUT2D eigenvalue weighted by molar-refractivity contribution is 0.0696. The number of hydrogen-bond acceptors (Lipinski definition) is 3. The minimum absolute atomic E-state index is 0.194. The number of benzene rings is 1. The van der Waals surface area contributed by atoms with E-state index in [0.717, 1.165) is 10.0 Å². The lowest BCUT2D eigenvalue weighted by Crippen LogP contribution is -2.00. The van der Waals surface area contributed by atoms with Gasteiger partial charge in [-0.15, -0.1) is 0 Å². The third-order valence-corrected chi connectivity index (χ3v) is 2.95. The molecule has 0 aliphatic heterocycles. The molecular weight excluding hydrogens is 298 g/mol. The van der Waals surface area contributed by atoms with Gasteiger partial charge in [0.1, 0.15) is 12.4 Å². The van der Waals surface area contributed by atoms with Crippen LogP contribution in [0.3, 0.4) is 0 Å². The summed E-state index contributed by atoms with van der Waals surface area (Å²) in [7, 11) is 0. The number of hydrogen-bond donors (Lipinski definition) is 1. The van der Waals surface area contributed by atoms with E-state index in [0.29, 0.717) is 12.4 Å². The van der Waals surface area contributed by atoms with Crippen LogP contribution in [0, 0.1) is 0 Å². The second-order valence-corrected chi connectivity index (χ2v) is 4.45. The molecule has 92 valence electrons.